The van der Waals surface area contributed by atoms with Gasteiger partial charge in [0.25, 0.3) is 0 Å². The predicted molar refractivity (Wildman–Crippen MR) is 63.5 cm³/mol. The van der Waals surface area contributed by atoms with Crippen molar-refractivity contribution in [1.29, 1.82) is 0 Å². The van der Waals surface area contributed by atoms with Gasteiger partial charge in [-0.2, -0.15) is 0 Å². The molecule has 2 heteroatoms. The molecule has 0 heterocycles. The molecule has 0 spiro atoms. The highest BCUT2D eigenvalue weighted by atomic mass is 35.5. The Balaban J connectivity index is 3.02. The monoisotopic (exact) mass is 209 g/mol. The number of hydrogen-bond acceptors (Lipinski definition) is 1. The van der Waals surface area contributed by atoms with Gasteiger partial charge in [-0.05, 0) is 36.6 Å². The van der Waals surface area contributed by atoms with E-state index in [0.29, 0.717) is 6.54 Å². The summed E-state index contributed by atoms with van der Waals surface area (Å²) in [5.41, 5.74) is 9.27. The minimum atomic E-state index is 0.624. The molecule has 1 rings (SSSR count). The van der Waals surface area contributed by atoms with E-state index in [2.05, 4.69) is 19.9 Å². The lowest BCUT2D eigenvalue weighted by Crippen LogP contribution is -2.01. The molecule has 0 aromatic heterocycles. The van der Waals surface area contributed by atoms with Gasteiger partial charge >= 0.3 is 0 Å². The van der Waals surface area contributed by atoms with Crippen LogP contribution in [0.1, 0.15) is 24.5 Å². The highest BCUT2D eigenvalue weighted by Gasteiger charge is 1.97. The average molecular weight is 210 g/mol. The van der Waals surface area contributed by atoms with Gasteiger partial charge in [0.2, 0.25) is 0 Å². The van der Waals surface area contributed by atoms with Gasteiger partial charge in [0.05, 0.1) is 0 Å². The van der Waals surface area contributed by atoms with Gasteiger partial charge in [-0.25, -0.2) is 0 Å². The summed E-state index contributed by atoms with van der Waals surface area (Å²) in [7, 11) is 0. The van der Waals surface area contributed by atoms with Crippen LogP contribution in [0.2, 0.25) is 5.02 Å². The van der Waals surface area contributed by atoms with E-state index in [1.807, 2.05) is 18.2 Å². The van der Waals surface area contributed by atoms with Crippen molar-refractivity contribution >= 4 is 17.7 Å². The number of nitrogens with two attached hydrogens (primary N) is 1. The van der Waals surface area contributed by atoms with Gasteiger partial charge in [-0.15, -0.1) is 0 Å². The molecule has 0 aliphatic carbocycles. The third kappa shape index (κ3) is 2.86. The van der Waals surface area contributed by atoms with Crippen LogP contribution in [-0.2, 0) is 0 Å². The van der Waals surface area contributed by atoms with Gasteiger partial charge in [-0.1, -0.05) is 36.2 Å². The minimum Gasteiger partial charge on any atom is -0.327 e. The minimum absolute atomic E-state index is 0.624. The molecule has 1 aromatic carbocycles. The first-order valence-corrected chi connectivity index (χ1v) is 5.20. The summed E-state index contributed by atoms with van der Waals surface area (Å²) in [6.07, 6.45) is 3.14. The van der Waals surface area contributed by atoms with Crippen LogP contribution in [0.5, 0.6) is 0 Å². The number of hydrogen-bond donors (Lipinski definition) is 1. The van der Waals surface area contributed by atoms with Crippen molar-refractivity contribution in [3.8, 4) is 0 Å². The first kappa shape index (κ1) is 11.3. The first-order chi connectivity index (χ1) is 6.67. The van der Waals surface area contributed by atoms with Gasteiger partial charge < -0.3 is 5.73 Å². The molecule has 0 aliphatic rings. The Labute approximate surface area is 90.6 Å². The molecule has 0 aliphatic heterocycles. The molecule has 0 amide bonds. The summed E-state index contributed by atoms with van der Waals surface area (Å²) >= 11 is 5.88. The van der Waals surface area contributed by atoms with Gasteiger partial charge in [-0.3, -0.25) is 0 Å². The van der Waals surface area contributed by atoms with Crippen molar-refractivity contribution in [2.24, 2.45) is 5.73 Å². The predicted octanol–water partition coefficient (Wildman–Crippen LogP) is 3.40. The maximum absolute atomic E-state index is 5.88. The quantitative estimate of drug-likeness (QED) is 0.812. The van der Waals surface area contributed by atoms with E-state index in [0.717, 1.165) is 11.4 Å². The van der Waals surface area contributed by atoms with E-state index in [-0.39, 0.29) is 0 Å². The molecule has 0 bridgehead atoms. The van der Waals surface area contributed by atoms with E-state index in [9.17, 15) is 0 Å². The molecule has 0 saturated carbocycles. The SMILES string of the molecule is CC/C(=C/c1ccc(Cl)cc1C)CN. The number of aryl methyl sites for hydroxylation is 1. The summed E-state index contributed by atoms with van der Waals surface area (Å²) in [5.74, 6) is 0. The van der Waals surface area contributed by atoms with Gasteiger partial charge in [0, 0.05) is 11.6 Å². The zero-order valence-electron chi connectivity index (χ0n) is 8.68. The van der Waals surface area contributed by atoms with E-state index >= 15 is 0 Å². The summed E-state index contributed by atoms with van der Waals surface area (Å²) in [6, 6.07) is 5.91. The smallest absolute Gasteiger partial charge is 0.0409 e. The molecule has 2 N–H and O–H groups in total. The molecule has 0 fully saturated rings. The highest BCUT2D eigenvalue weighted by Crippen LogP contribution is 2.18. The van der Waals surface area contributed by atoms with Crippen LogP contribution in [0.25, 0.3) is 6.08 Å². The maximum atomic E-state index is 5.88. The lowest BCUT2D eigenvalue weighted by Gasteiger charge is -2.04. The van der Waals surface area contributed by atoms with E-state index < -0.39 is 0 Å². The van der Waals surface area contributed by atoms with Crippen molar-refractivity contribution in [3.63, 3.8) is 0 Å². The summed E-state index contributed by atoms with van der Waals surface area (Å²) < 4.78 is 0. The molecular formula is C12H16ClN. The van der Waals surface area contributed by atoms with Crippen LogP contribution in [0.4, 0.5) is 0 Å². The van der Waals surface area contributed by atoms with Crippen LogP contribution < -0.4 is 5.73 Å². The molecule has 0 atom stereocenters. The van der Waals surface area contributed by atoms with Crippen molar-refractivity contribution in [2.45, 2.75) is 20.3 Å². The standard InChI is InChI=1S/C12H16ClN/c1-3-10(8-14)7-11-4-5-12(13)6-9(11)2/h4-7H,3,8,14H2,1-2H3/b10-7-. The van der Waals surface area contributed by atoms with Crippen molar-refractivity contribution in [1.82, 2.24) is 0 Å². The second-order valence-electron chi connectivity index (χ2n) is 3.36. The Bertz CT molecular complexity index is 336. The van der Waals surface area contributed by atoms with E-state index in [4.69, 9.17) is 17.3 Å². The highest BCUT2D eigenvalue weighted by molar-refractivity contribution is 6.30. The molecule has 0 saturated heterocycles. The molecule has 0 unspecified atom stereocenters. The Morgan fingerprint density at radius 1 is 1.50 bits per heavy atom. The number of benzene rings is 1. The second-order valence-corrected chi connectivity index (χ2v) is 3.80. The zero-order chi connectivity index (χ0) is 10.6. The average Bonchev–Trinajstić information content (AvgIpc) is 2.17. The molecule has 76 valence electrons. The van der Waals surface area contributed by atoms with E-state index in [1.54, 1.807) is 0 Å². The second kappa shape index (κ2) is 5.18. The fourth-order valence-corrected chi connectivity index (χ4v) is 1.55. The lowest BCUT2D eigenvalue weighted by atomic mass is 10.0. The van der Waals surface area contributed by atoms with Gasteiger partial charge in [0.1, 0.15) is 0 Å². The Kier molecular flexibility index (Phi) is 4.18. The van der Waals surface area contributed by atoms with Crippen molar-refractivity contribution in [2.75, 3.05) is 6.54 Å². The Morgan fingerprint density at radius 3 is 2.71 bits per heavy atom. The van der Waals surface area contributed by atoms with E-state index in [1.165, 1.54) is 16.7 Å². The fourth-order valence-electron chi connectivity index (χ4n) is 1.33. The largest absolute Gasteiger partial charge is 0.327 e. The Morgan fingerprint density at radius 2 is 2.21 bits per heavy atom. The molecule has 1 nitrogen and oxygen atoms in total. The van der Waals surface area contributed by atoms with Crippen molar-refractivity contribution in [3.05, 3.63) is 39.9 Å². The third-order valence-electron chi connectivity index (χ3n) is 2.31. The maximum Gasteiger partial charge on any atom is 0.0409 e. The summed E-state index contributed by atoms with van der Waals surface area (Å²) in [5, 5.41) is 0.783. The van der Waals surface area contributed by atoms with Gasteiger partial charge in [0.15, 0.2) is 0 Å². The first-order valence-electron chi connectivity index (χ1n) is 4.83. The normalized spacial score (nSPS) is 11.9. The van der Waals surface area contributed by atoms with Crippen LogP contribution in [-0.4, -0.2) is 6.54 Å². The van der Waals surface area contributed by atoms with Crippen LogP contribution in [0.15, 0.2) is 23.8 Å². The molecule has 1 aromatic rings. The van der Waals surface area contributed by atoms with Crippen LogP contribution in [0.3, 0.4) is 0 Å². The summed E-state index contributed by atoms with van der Waals surface area (Å²) in [4.78, 5) is 0. The summed E-state index contributed by atoms with van der Waals surface area (Å²) in [6.45, 7) is 4.80. The third-order valence-corrected chi connectivity index (χ3v) is 2.54. The number of rotatable bonds is 3. The zero-order valence-corrected chi connectivity index (χ0v) is 9.43. The number of halogens is 1. The topological polar surface area (TPSA) is 26.0 Å². The lowest BCUT2D eigenvalue weighted by molar-refractivity contribution is 1.02. The molecular weight excluding hydrogens is 194 g/mol. The fraction of sp³-hybridized carbons (Fsp3) is 0.333. The molecule has 0 radical (unpaired) electrons. The van der Waals surface area contributed by atoms with Crippen LogP contribution in [0, 0.1) is 6.92 Å². The van der Waals surface area contributed by atoms with Crippen LogP contribution >= 0.6 is 11.6 Å². The molecule has 14 heavy (non-hydrogen) atoms. The Hall–Kier alpha value is -0.790. The van der Waals surface area contributed by atoms with Crippen molar-refractivity contribution < 1.29 is 0 Å².